The van der Waals surface area contributed by atoms with E-state index in [4.69, 9.17) is 9.57 Å². The fourth-order valence-corrected chi connectivity index (χ4v) is 0.858. The van der Waals surface area contributed by atoms with Crippen LogP contribution in [0.5, 0.6) is 0 Å². The first-order valence-electron chi connectivity index (χ1n) is 3.39. The molecular weight excluding hydrogens is 141 g/mol. The van der Waals surface area contributed by atoms with E-state index in [1.165, 1.54) is 0 Å². The Balaban J connectivity index is 0. The topological polar surface area (TPSA) is 21.7 Å². The molecular formula is C6H14NNaO2. The van der Waals surface area contributed by atoms with E-state index in [9.17, 15) is 0 Å². The van der Waals surface area contributed by atoms with E-state index in [1.54, 1.807) is 0 Å². The average molecular weight is 155 g/mol. The maximum Gasteiger partial charge on any atom is 1.00 e. The van der Waals surface area contributed by atoms with E-state index in [1.807, 2.05) is 12.0 Å². The first-order valence-corrected chi connectivity index (χ1v) is 3.39. The van der Waals surface area contributed by atoms with Crippen LogP contribution in [0.2, 0.25) is 0 Å². The molecule has 1 fully saturated rings. The summed E-state index contributed by atoms with van der Waals surface area (Å²) in [5.74, 6) is 0. The molecule has 0 aromatic rings. The predicted octanol–water partition coefficient (Wildman–Crippen LogP) is -2.61. The molecule has 1 aliphatic heterocycles. The van der Waals surface area contributed by atoms with Gasteiger partial charge in [0.25, 0.3) is 0 Å². The van der Waals surface area contributed by atoms with E-state index in [0.717, 1.165) is 32.9 Å². The smallest absolute Gasteiger partial charge is 1.00 e. The molecule has 0 aromatic heterocycles. The maximum atomic E-state index is 5.24. The number of hydroxylamine groups is 2. The van der Waals surface area contributed by atoms with E-state index in [2.05, 4.69) is 0 Å². The molecule has 1 heterocycles. The zero-order chi connectivity index (χ0) is 6.53. The Labute approximate surface area is 85.4 Å². The van der Waals surface area contributed by atoms with Gasteiger partial charge in [-0.1, -0.05) is 0 Å². The van der Waals surface area contributed by atoms with Crippen LogP contribution in [0, 0.1) is 0 Å². The number of nitrogens with zero attached hydrogens (tertiary/aromatic N) is 1. The van der Waals surface area contributed by atoms with Crippen molar-refractivity contribution in [2.45, 2.75) is 6.92 Å². The minimum absolute atomic E-state index is 0. The predicted molar refractivity (Wildman–Crippen MR) is 35.1 cm³/mol. The van der Waals surface area contributed by atoms with Crippen molar-refractivity contribution in [3.8, 4) is 0 Å². The summed E-state index contributed by atoms with van der Waals surface area (Å²) in [6.45, 7) is 6.19. The summed E-state index contributed by atoms with van der Waals surface area (Å²) in [4.78, 5) is 5.24. The number of ether oxygens (including phenoxy) is 1. The summed E-state index contributed by atoms with van der Waals surface area (Å²) in [5.41, 5.74) is 0. The third-order valence-electron chi connectivity index (χ3n) is 1.28. The van der Waals surface area contributed by atoms with E-state index < -0.39 is 0 Å². The second-order valence-electron chi connectivity index (χ2n) is 1.96. The van der Waals surface area contributed by atoms with E-state index >= 15 is 0 Å². The molecule has 10 heavy (non-hydrogen) atoms. The van der Waals surface area contributed by atoms with Gasteiger partial charge in [-0.25, -0.2) is 0 Å². The summed E-state index contributed by atoms with van der Waals surface area (Å²) in [6.07, 6.45) is 0. The fraction of sp³-hybridized carbons (Fsp3) is 1.00. The van der Waals surface area contributed by atoms with Crippen LogP contribution in [-0.4, -0.2) is 38.0 Å². The van der Waals surface area contributed by atoms with Gasteiger partial charge in [0.05, 0.1) is 19.8 Å². The molecule has 0 bridgehead atoms. The molecule has 0 aliphatic carbocycles. The number of rotatable bonds is 2. The van der Waals surface area contributed by atoms with Crippen LogP contribution in [0.25, 0.3) is 0 Å². The molecule has 0 spiro atoms. The Morgan fingerprint density at radius 3 is 2.60 bits per heavy atom. The van der Waals surface area contributed by atoms with E-state index in [-0.39, 0.29) is 31.0 Å². The van der Waals surface area contributed by atoms with Crippen molar-refractivity contribution in [3.05, 3.63) is 0 Å². The van der Waals surface area contributed by atoms with Crippen LogP contribution >= 0.6 is 0 Å². The molecule has 0 aromatic carbocycles. The van der Waals surface area contributed by atoms with Crippen LogP contribution < -0.4 is 29.6 Å². The Morgan fingerprint density at radius 2 is 2.10 bits per heavy atom. The van der Waals surface area contributed by atoms with Gasteiger partial charge in [0.15, 0.2) is 0 Å². The molecule has 0 N–H and O–H groups in total. The van der Waals surface area contributed by atoms with Crippen LogP contribution in [0.1, 0.15) is 8.35 Å². The molecule has 4 heteroatoms. The maximum absolute atomic E-state index is 5.24. The fourth-order valence-electron chi connectivity index (χ4n) is 0.858. The van der Waals surface area contributed by atoms with Crippen LogP contribution in [0.4, 0.5) is 0 Å². The van der Waals surface area contributed by atoms with Gasteiger partial charge in [-0.05, 0) is 6.92 Å². The van der Waals surface area contributed by atoms with Gasteiger partial charge in [-0.2, -0.15) is 5.06 Å². The largest absolute Gasteiger partial charge is 1.00 e. The minimum Gasteiger partial charge on any atom is -1.00 e. The van der Waals surface area contributed by atoms with Crippen LogP contribution in [0.3, 0.4) is 0 Å². The summed E-state index contributed by atoms with van der Waals surface area (Å²) < 4.78 is 5.12. The second-order valence-corrected chi connectivity index (χ2v) is 1.96. The zero-order valence-corrected chi connectivity index (χ0v) is 8.80. The van der Waals surface area contributed by atoms with Crippen LogP contribution in [-0.2, 0) is 9.57 Å². The Kier molecular flexibility index (Phi) is 7.16. The van der Waals surface area contributed by atoms with E-state index in [0.29, 0.717) is 0 Å². The van der Waals surface area contributed by atoms with Crippen molar-refractivity contribution >= 4 is 0 Å². The van der Waals surface area contributed by atoms with Gasteiger partial charge < -0.3 is 6.16 Å². The Morgan fingerprint density at radius 1 is 1.50 bits per heavy atom. The standard InChI is InChI=1S/C6H13NO2.Na.H/c1-2-9-7-3-5-8-6-4-7;;/h2-6H2,1H3;;/q;+1;-1. The van der Waals surface area contributed by atoms with Gasteiger partial charge in [-0.15, -0.1) is 0 Å². The van der Waals surface area contributed by atoms with Gasteiger partial charge in [0.2, 0.25) is 0 Å². The summed E-state index contributed by atoms with van der Waals surface area (Å²) >= 11 is 0. The summed E-state index contributed by atoms with van der Waals surface area (Å²) in [7, 11) is 0. The van der Waals surface area contributed by atoms with Crippen molar-refractivity contribution < 1.29 is 40.6 Å². The normalized spacial score (nSPS) is 20.1. The summed E-state index contributed by atoms with van der Waals surface area (Å²) in [6, 6.07) is 0. The monoisotopic (exact) mass is 155 g/mol. The number of hydrogen-bond acceptors (Lipinski definition) is 3. The van der Waals surface area contributed by atoms with Crippen molar-refractivity contribution in [1.82, 2.24) is 5.06 Å². The molecule has 0 radical (unpaired) electrons. The van der Waals surface area contributed by atoms with Gasteiger partial charge in [0.1, 0.15) is 0 Å². The minimum atomic E-state index is 0. The molecule has 56 valence electrons. The van der Waals surface area contributed by atoms with Gasteiger partial charge >= 0.3 is 29.6 Å². The van der Waals surface area contributed by atoms with Gasteiger partial charge in [-0.3, -0.25) is 4.84 Å². The SMILES string of the molecule is CCON1CCOCC1.[H-].[Na+]. The third-order valence-corrected chi connectivity index (χ3v) is 1.28. The molecule has 0 saturated carbocycles. The molecule has 1 aliphatic rings. The summed E-state index contributed by atoms with van der Waals surface area (Å²) in [5, 5.41) is 1.95. The molecule has 0 atom stereocenters. The first kappa shape index (κ1) is 10.9. The first-order chi connectivity index (χ1) is 4.43. The quantitative estimate of drug-likeness (QED) is 0.408. The molecule has 0 unspecified atom stereocenters. The Hall–Kier alpha value is 0.880. The second kappa shape index (κ2) is 6.58. The molecule has 0 amide bonds. The molecule has 3 nitrogen and oxygen atoms in total. The van der Waals surface area contributed by atoms with Gasteiger partial charge in [0, 0.05) is 13.1 Å². The third kappa shape index (κ3) is 3.91. The molecule has 1 rings (SSSR count). The van der Waals surface area contributed by atoms with Crippen molar-refractivity contribution in [3.63, 3.8) is 0 Å². The van der Waals surface area contributed by atoms with Crippen LogP contribution in [0.15, 0.2) is 0 Å². The molecule has 1 saturated heterocycles. The van der Waals surface area contributed by atoms with Crippen molar-refractivity contribution in [2.75, 3.05) is 32.9 Å². The Bertz CT molecular complexity index is 78.2. The number of hydrogen-bond donors (Lipinski definition) is 0. The average Bonchev–Trinajstić information content (AvgIpc) is 1.91. The number of morpholine rings is 1. The zero-order valence-electron chi connectivity index (χ0n) is 7.80. The van der Waals surface area contributed by atoms with Crippen molar-refractivity contribution in [1.29, 1.82) is 0 Å². The van der Waals surface area contributed by atoms with Crippen molar-refractivity contribution in [2.24, 2.45) is 0 Å².